The second-order valence-corrected chi connectivity index (χ2v) is 8.68. The van der Waals surface area contributed by atoms with Crippen LogP contribution in [-0.4, -0.2) is 41.8 Å². The number of benzene rings is 2. The molecule has 2 heterocycles. The van der Waals surface area contributed by atoms with E-state index in [-0.39, 0.29) is 6.04 Å². The molecular weight excluding hydrogens is 430 g/mol. The van der Waals surface area contributed by atoms with Crippen LogP contribution in [0.4, 0.5) is 11.5 Å². The first-order valence-electron chi connectivity index (χ1n) is 12.8. The molecule has 3 aromatic rings. The number of allylic oxidation sites excluding steroid dienone is 1. The highest BCUT2D eigenvalue weighted by atomic mass is 15.5. The summed E-state index contributed by atoms with van der Waals surface area (Å²) in [5.74, 6) is 0.874. The third-order valence-corrected chi connectivity index (χ3v) is 6.70. The number of hydrogen-bond acceptors (Lipinski definition) is 5. The maximum atomic E-state index is 5.19. The molecule has 0 aliphatic carbocycles. The van der Waals surface area contributed by atoms with Crippen LogP contribution < -0.4 is 9.91 Å². The lowest BCUT2D eigenvalue weighted by atomic mass is 9.98. The largest absolute Gasteiger partial charge is 0.372 e. The molecule has 182 valence electrons. The van der Waals surface area contributed by atoms with Crippen molar-refractivity contribution in [1.29, 1.82) is 0 Å². The van der Waals surface area contributed by atoms with E-state index in [2.05, 4.69) is 108 Å². The van der Waals surface area contributed by atoms with Gasteiger partial charge in [0.05, 0.1) is 17.5 Å². The van der Waals surface area contributed by atoms with Crippen molar-refractivity contribution in [2.24, 2.45) is 5.10 Å². The summed E-state index contributed by atoms with van der Waals surface area (Å²) in [6, 6.07) is 25.6. The van der Waals surface area contributed by atoms with Crippen LogP contribution in [0.2, 0.25) is 0 Å². The maximum absolute atomic E-state index is 5.19. The second kappa shape index (κ2) is 11.7. The predicted molar refractivity (Wildman–Crippen MR) is 149 cm³/mol. The van der Waals surface area contributed by atoms with E-state index in [1.54, 1.807) is 0 Å². The molecule has 0 spiro atoms. The van der Waals surface area contributed by atoms with E-state index in [9.17, 15) is 0 Å². The zero-order chi connectivity index (χ0) is 24.6. The van der Waals surface area contributed by atoms with Crippen molar-refractivity contribution in [3.8, 4) is 0 Å². The van der Waals surface area contributed by atoms with Crippen LogP contribution in [0.15, 0.2) is 89.8 Å². The molecule has 0 N–H and O–H groups in total. The van der Waals surface area contributed by atoms with Gasteiger partial charge in [-0.25, -0.2) is 9.99 Å². The molecule has 1 aliphatic heterocycles. The minimum atomic E-state index is 0.0976. The lowest BCUT2D eigenvalue weighted by Crippen LogP contribution is -2.27. The van der Waals surface area contributed by atoms with E-state index in [0.717, 1.165) is 44.1 Å². The van der Waals surface area contributed by atoms with Gasteiger partial charge in [-0.3, -0.25) is 0 Å². The van der Waals surface area contributed by atoms with Crippen LogP contribution in [0.5, 0.6) is 0 Å². The normalized spacial score (nSPS) is 15.8. The van der Waals surface area contributed by atoms with Crippen molar-refractivity contribution in [3.63, 3.8) is 0 Å². The summed E-state index contributed by atoms with van der Waals surface area (Å²) >= 11 is 0. The molecule has 4 rings (SSSR count). The van der Waals surface area contributed by atoms with Crippen LogP contribution in [0.25, 0.3) is 6.08 Å². The van der Waals surface area contributed by atoms with E-state index in [1.165, 1.54) is 22.5 Å². The van der Waals surface area contributed by atoms with E-state index in [1.807, 2.05) is 24.4 Å². The van der Waals surface area contributed by atoms with E-state index >= 15 is 0 Å². The second-order valence-electron chi connectivity index (χ2n) is 8.68. The van der Waals surface area contributed by atoms with E-state index in [4.69, 9.17) is 5.10 Å². The van der Waals surface area contributed by atoms with Gasteiger partial charge < -0.3 is 9.80 Å². The topological polar surface area (TPSA) is 35.0 Å². The van der Waals surface area contributed by atoms with Crippen molar-refractivity contribution >= 4 is 23.3 Å². The van der Waals surface area contributed by atoms with E-state index < -0.39 is 0 Å². The van der Waals surface area contributed by atoms with Crippen molar-refractivity contribution in [2.45, 2.75) is 40.2 Å². The standard InChI is InChI=1S/C30H37N5/c1-5-33(6-2)26-19-17-25(18-20-26)28-23-27(32-35(28)30-16-12-13-21-31-30)29(34(7-3)8-4)22-24-14-10-9-11-15-24/h9-22,28H,5-8,23H2,1-4H3. The Bertz CT molecular complexity index is 1110. The summed E-state index contributed by atoms with van der Waals surface area (Å²) in [5.41, 5.74) is 5.98. The molecule has 1 unspecified atom stereocenters. The molecule has 1 aliphatic rings. The number of nitrogens with zero attached hydrogens (tertiary/aromatic N) is 5. The third-order valence-electron chi connectivity index (χ3n) is 6.70. The Labute approximate surface area is 210 Å². The minimum Gasteiger partial charge on any atom is -0.372 e. The van der Waals surface area contributed by atoms with Crippen LogP contribution in [-0.2, 0) is 0 Å². The van der Waals surface area contributed by atoms with Gasteiger partial charge in [0.15, 0.2) is 0 Å². The molecule has 1 aromatic heterocycles. The summed E-state index contributed by atoms with van der Waals surface area (Å²) in [7, 11) is 0. The highest BCUT2D eigenvalue weighted by Crippen LogP contribution is 2.37. The van der Waals surface area contributed by atoms with Gasteiger partial charge in [-0.2, -0.15) is 5.10 Å². The molecule has 5 nitrogen and oxygen atoms in total. The number of anilines is 2. The SMILES string of the molecule is CCN(CC)C(=Cc1ccccc1)C1=NN(c2ccccn2)C(c2ccc(N(CC)CC)cc2)C1. The first kappa shape index (κ1) is 24.5. The highest BCUT2D eigenvalue weighted by molar-refractivity contribution is 6.05. The van der Waals surface area contributed by atoms with Gasteiger partial charge in [-0.15, -0.1) is 0 Å². The Hall–Kier alpha value is -3.60. The molecule has 1 atom stereocenters. The average molecular weight is 468 g/mol. The third kappa shape index (κ3) is 5.56. The summed E-state index contributed by atoms with van der Waals surface area (Å²) in [6.07, 6.45) is 4.94. The van der Waals surface area contributed by atoms with Gasteiger partial charge in [0.1, 0.15) is 5.82 Å². The molecule has 0 radical (unpaired) electrons. The molecular formula is C30H37N5. The molecule has 2 aromatic carbocycles. The molecule has 35 heavy (non-hydrogen) atoms. The first-order valence-corrected chi connectivity index (χ1v) is 12.8. The monoisotopic (exact) mass is 467 g/mol. The Balaban J connectivity index is 1.73. The Kier molecular flexibility index (Phi) is 8.19. The zero-order valence-electron chi connectivity index (χ0n) is 21.4. The lowest BCUT2D eigenvalue weighted by Gasteiger charge is -2.25. The molecule has 0 amide bonds. The average Bonchev–Trinajstić information content (AvgIpc) is 3.36. The lowest BCUT2D eigenvalue weighted by molar-refractivity contribution is 0.403. The smallest absolute Gasteiger partial charge is 0.149 e. The van der Waals surface area contributed by atoms with E-state index in [0.29, 0.717) is 0 Å². The molecule has 0 saturated carbocycles. The minimum absolute atomic E-state index is 0.0976. The number of pyridine rings is 1. The maximum Gasteiger partial charge on any atom is 0.149 e. The first-order chi connectivity index (χ1) is 17.2. The van der Waals surface area contributed by atoms with Gasteiger partial charge in [-0.1, -0.05) is 48.5 Å². The summed E-state index contributed by atoms with van der Waals surface area (Å²) in [4.78, 5) is 9.42. The number of hydrazone groups is 1. The van der Waals surface area contributed by atoms with Crippen molar-refractivity contribution in [2.75, 3.05) is 36.1 Å². The fourth-order valence-electron chi connectivity index (χ4n) is 4.75. The van der Waals surface area contributed by atoms with Gasteiger partial charge in [0, 0.05) is 44.5 Å². The zero-order valence-corrected chi connectivity index (χ0v) is 21.4. The van der Waals surface area contributed by atoms with Crippen molar-refractivity contribution in [3.05, 3.63) is 95.8 Å². The molecule has 0 bridgehead atoms. The van der Waals surface area contributed by atoms with Crippen LogP contribution in [0, 0.1) is 0 Å². The molecule has 5 heteroatoms. The van der Waals surface area contributed by atoms with Gasteiger partial charge in [0.25, 0.3) is 0 Å². The highest BCUT2D eigenvalue weighted by Gasteiger charge is 2.32. The van der Waals surface area contributed by atoms with Crippen molar-refractivity contribution in [1.82, 2.24) is 9.88 Å². The number of rotatable bonds is 10. The van der Waals surface area contributed by atoms with Gasteiger partial charge in [-0.05, 0) is 69.2 Å². The number of aromatic nitrogens is 1. The predicted octanol–water partition coefficient (Wildman–Crippen LogP) is 6.62. The van der Waals surface area contributed by atoms with Crippen LogP contribution in [0.3, 0.4) is 0 Å². The Morgan fingerprint density at radius 1 is 0.857 bits per heavy atom. The quantitative estimate of drug-likeness (QED) is 0.336. The van der Waals surface area contributed by atoms with Gasteiger partial charge in [0.2, 0.25) is 0 Å². The van der Waals surface area contributed by atoms with Crippen molar-refractivity contribution < 1.29 is 0 Å². The van der Waals surface area contributed by atoms with Crippen LogP contribution in [0.1, 0.15) is 51.3 Å². The molecule has 0 fully saturated rings. The Morgan fingerprint density at radius 3 is 2.14 bits per heavy atom. The fourth-order valence-corrected chi connectivity index (χ4v) is 4.75. The summed E-state index contributed by atoms with van der Waals surface area (Å²) in [5, 5.41) is 7.29. The van der Waals surface area contributed by atoms with Gasteiger partial charge >= 0.3 is 0 Å². The number of hydrogen-bond donors (Lipinski definition) is 0. The molecule has 0 saturated heterocycles. The summed E-state index contributed by atoms with van der Waals surface area (Å²) < 4.78 is 0. The van der Waals surface area contributed by atoms with Crippen LogP contribution >= 0.6 is 0 Å². The summed E-state index contributed by atoms with van der Waals surface area (Å²) in [6.45, 7) is 12.7. The fraction of sp³-hybridized carbons (Fsp3) is 0.333. The Morgan fingerprint density at radius 2 is 1.54 bits per heavy atom.